The summed E-state index contributed by atoms with van der Waals surface area (Å²) in [5.74, 6) is 0.898. The molecule has 17 heavy (non-hydrogen) atoms. The summed E-state index contributed by atoms with van der Waals surface area (Å²) in [5, 5.41) is 3.31. The third-order valence-corrected chi connectivity index (χ3v) is 2.39. The first-order valence-corrected chi connectivity index (χ1v) is 6.25. The SMILES string of the molecule is Cc1cnc(C)c(NCCCCOC(C)C)n1. The van der Waals surface area contributed by atoms with Crippen molar-refractivity contribution in [2.45, 2.75) is 46.6 Å². The average molecular weight is 237 g/mol. The number of aryl methyl sites for hydroxylation is 2. The zero-order valence-electron chi connectivity index (χ0n) is 11.3. The van der Waals surface area contributed by atoms with E-state index in [2.05, 4.69) is 29.1 Å². The van der Waals surface area contributed by atoms with Crippen LogP contribution in [0.1, 0.15) is 38.1 Å². The summed E-state index contributed by atoms with van der Waals surface area (Å²) in [6.45, 7) is 9.79. The van der Waals surface area contributed by atoms with Crippen LogP contribution < -0.4 is 5.32 Å². The second-order valence-corrected chi connectivity index (χ2v) is 4.50. The number of aromatic nitrogens is 2. The summed E-state index contributed by atoms with van der Waals surface area (Å²) >= 11 is 0. The molecule has 0 unspecified atom stereocenters. The van der Waals surface area contributed by atoms with E-state index in [0.717, 1.165) is 43.2 Å². The molecule has 1 N–H and O–H groups in total. The van der Waals surface area contributed by atoms with Crippen LogP contribution in [0.3, 0.4) is 0 Å². The molecule has 0 spiro atoms. The first kappa shape index (κ1) is 13.9. The summed E-state index contributed by atoms with van der Waals surface area (Å²) in [4.78, 5) is 8.68. The van der Waals surface area contributed by atoms with Gasteiger partial charge in [-0.15, -0.1) is 0 Å². The molecule has 0 aromatic carbocycles. The number of nitrogens with zero attached hydrogens (tertiary/aromatic N) is 2. The number of ether oxygens (including phenoxy) is 1. The van der Waals surface area contributed by atoms with Gasteiger partial charge in [-0.1, -0.05) is 0 Å². The smallest absolute Gasteiger partial charge is 0.147 e. The van der Waals surface area contributed by atoms with Crippen molar-refractivity contribution in [2.75, 3.05) is 18.5 Å². The van der Waals surface area contributed by atoms with E-state index in [9.17, 15) is 0 Å². The number of anilines is 1. The zero-order valence-corrected chi connectivity index (χ0v) is 11.3. The van der Waals surface area contributed by atoms with Gasteiger partial charge in [0.05, 0.1) is 17.5 Å². The van der Waals surface area contributed by atoms with Crippen LogP contribution in [0.25, 0.3) is 0 Å². The van der Waals surface area contributed by atoms with E-state index in [-0.39, 0.29) is 0 Å². The Morgan fingerprint density at radius 3 is 2.76 bits per heavy atom. The standard InChI is InChI=1S/C13H23N3O/c1-10(2)17-8-6-5-7-14-13-12(4)15-9-11(3)16-13/h9-10H,5-8H2,1-4H3,(H,14,16). The second-order valence-electron chi connectivity index (χ2n) is 4.50. The summed E-state index contributed by atoms with van der Waals surface area (Å²) in [7, 11) is 0. The van der Waals surface area contributed by atoms with Gasteiger partial charge in [0, 0.05) is 19.3 Å². The summed E-state index contributed by atoms with van der Waals surface area (Å²) in [6.07, 6.45) is 4.27. The Morgan fingerprint density at radius 1 is 1.29 bits per heavy atom. The van der Waals surface area contributed by atoms with Gasteiger partial charge in [0.15, 0.2) is 0 Å². The molecule has 0 aliphatic heterocycles. The van der Waals surface area contributed by atoms with E-state index in [1.54, 1.807) is 6.20 Å². The van der Waals surface area contributed by atoms with Crippen LogP contribution >= 0.6 is 0 Å². The van der Waals surface area contributed by atoms with Crippen LogP contribution in [0.5, 0.6) is 0 Å². The fourth-order valence-corrected chi connectivity index (χ4v) is 1.46. The molecule has 4 heteroatoms. The highest BCUT2D eigenvalue weighted by molar-refractivity contribution is 5.39. The normalized spacial score (nSPS) is 10.9. The van der Waals surface area contributed by atoms with E-state index in [0.29, 0.717) is 6.10 Å². The first-order valence-electron chi connectivity index (χ1n) is 6.25. The Hall–Kier alpha value is -1.16. The van der Waals surface area contributed by atoms with E-state index < -0.39 is 0 Å². The molecule has 4 nitrogen and oxygen atoms in total. The quantitative estimate of drug-likeness (QED) is 0.741. The zero-order chi connectivity index (χ0) is 12.7. The lowest BCUT2D eigenvalue weighted by Crippen LogP contribution is -2.09. The van der Waals surface area contributed by atoms with Gasteiger partial charge in [0.2, 0.25) is 0 Å². The average Bonchev–Trinajstić information content (AvgIpc) is 2.27. The minimum Gasteiger partial charge on any atom is -0.379 e. The highest BCUT2D eigenvalue weighted by Crippen LogP contribution is 2.08. The van der Waals surface area contributed by atoms with Crippen LogP contribution in [-0.2, 0) is 4.74 Å². The molecule has 96 valence electrons. The van der Waals surface area contributed by atoms with E-state index in [1.165, 1.54) is 0 Å². The molecule has 1 aromatic heterocycles. The lowest BCUT2D eigenvalue weighted by molar-refractivity contribution is 0.0765. The van der Waals surface area contributed by atoms with Crippen molar-refractivity contribution in [3.05, 3.63) is 17.6 Å². The van der Waals surface area contributed by atoms with Gasteiger partial charge in [-0.05, 0) is 40.5 Å². The van der Waals surface area contributed by atoms with E-state index >= 15 is 0 Å². The first-order chi connectivity index (χ1) is 8.09. The number of nitrogens with one attached hydrogen (secondary N) is 1. The Balaban J connectivity index is 2.20. The lowest BCUT2D eigenvalue weighted by Gasteiger charge is -2.09. The Bertz CT molecular complexity index is 339. The molecule has 0 saturated heterocycles. The van der Waals surface area contributed by atoms with Gasteiger partial charge in [-0.3, -0.25) is 4.98 Å². The Morgan fingerprint density at radius 2 is 2.06 bits per heavy atom. The number of unbranched alkanes of at least 4 members (excludes halogenated alkanes) is 1. The topological polar surface area (TPSA) is 47.0 Å². The summed E-state index contributed by atoms with van der Waals surface area (Å²) in [6, 6.07) is 0. The minimum absolute atomic E-state index is 0.327. The molecule has 1 heterocycles. The lowest BCUT2D eigenvalue weighted by atomic mass is 10.3. The molecule has 0 atom stereocenters. The van der Waals surface area contributed by atoms with E-state index in [1.807, 2.05) is 13.8 Å². The van der Waals surface area contributed by atoms with Crippen LogP contribution in [0, 0.1) is 13.8 Å². The van der Waals surface area contributed by atoms with Crippen molar-refractivity contribution in [1.29, 1.82) is 0 Å². The molecular formula is C13H23N3O. The van der Waals surface area contributed by atoms with Crippen molar-refractivity contribution in [3.63, 3.8) is 0 Å². The monoisotopic (exact) mass is 237 g/mol. The molecule has 0 aliphatic rings. The van der Waals surface area contributed by atoms with Crippen molar-refractivity contribution in [3.8, 4) is 0 Å². The van der Waals surface area contributed by atoms with Gasteiger partial charge in [-0.2, -0.15) is 0 Å². The Labute approximate surface area is 104 Å². The van der Waals surface area contributed by atoms with Gasteiger partial charge < -0.3 is 10.1 Å². The van der Waals surface area contributed by atoms with Crippen LogP contribution in [0.2, 0.25) is 0 Å². The number of hydrogen-bond donors (Lipinski definition) is 1. The third kappa shape index (κ3) is 5.63. The molecule has 0 aliphatic carbocycles. The maximum atomic E-state index is 5.48. The molecule has 1 rings (SSSR count). The number of hydrogen-bond acceptors (Lipinski definition) is 4. The maximum absolute atomic E-state index is 5.48. The van der Waals surface area contributed by atoms with Crippen molar-refractivity contribution >= 4 is 5.82 Å². The molecule has 0 radical (unpaired) electrons. The molecule has 0 saturated carbocycles. The molecule has 0 fully saturated rings. The Kier molecular flexibility index (Phi) is 5.91. The predicted octanol–water partition coefficient (Wildman–Crippen LogP) is 2.71. The van der Waals surface area contributed by atoms with Gasteiger partial charge in [-0.25, -0.2) is 4.98 Å². The minimum atomic E-state index is 0.327. The highest BCUT2D eigenvalue weighted by atomic mass is 16.5. The third-order valence-electron chi connectivity index (χ3n) is 2.39. The molecule has 1 aromatic rings. The van der Waals surface area contributed by atoms with E-state index in [4.69, 9.17) is 4.74 Å². The van der Waals surface area contributed by atoms with Crippen LogP contribution in [-0.4, -0.2) is 29.2 Å². The molecule has 0 amide bonds. The number of rotatable bonds is 7. The summed E-state index contributed by atoms with van der Waals surface area (Å²) < 4.78 is 5.48. The van der Waals surface area contributed by atoms with Gasteiger partial charge in [0.25, 0.3) is 0 Å². The molecule has 0 bridgehead atoms. The second kappa shape index (κ2) is 7.22. The van der Waals surface area contributed by atoms with Crippen LogP contribution in [0.4, 0.5) is 5.82 Å². The fraction of sp³-hybridized carbons (Fsp3) is 0.692. The van der Waals surface area contributed by atoms with Crippen molar-refractivity contribution in [2.24, 2.45) is 0 Å². The van der Waals surface area contributed by atoms with Crippen molar-refractivity contribution in [1.82, 2.24) is 9.97 Å². The molecular weight excluding hydrogens is 214 g/mol. The fourth-order valence-electron chi connectivity index (χ4n) is 1.46. The summed E-state index contributed by atoms with van der Waals surface area (Å²) in [5.41, 5.74) is 1.90. The van der Waals surface area contributed by atoms with Crippen LogP contribution in [0.15, 0.2) is 6.20 Å². The highest BCUT2D eigenvalue weighted by Gasteiger charge is 2.00. The predicted molar refractivity (Wildman–Crippen MR) is 70.3 cm³/mol. The largest absolute Gasteiger partial charge is 0.379 e. The van der Waals surface area contributed by atoms with Crippen molar-refractivity contribution < 1.29 is 4.74 Å². The van der Waals surface area contributed by atoms with Gasteiger partial charge in [0.1, 0.15) is 5.82 Å². The maximum Gasteiger partial charge on any atom is 0.147 e. The van der Waals surface area contributed by atoms with Gasteiger partial charge >= 0.3 is 0 Å².